The van der Waals surface area contributed by atoms with Gasteiger partial charge in [-0.1, -0.05) is 30.3 Å². The summed E-state index contributed by atoms with van der Waals surface area (Å²) in [4.78, 5) is 15.3. The summed E-state index contributed by atoms with van der Waals surface area (Å²) in [5.41, 5.74) is 1.05. The normalized spacial score (nSPS) is 30.4. The molecule has 4 aliphatic rings. The van der Waals surface area contributed by atoms with Gasteiger partial charge in [0.25, 0.3) is 0 Å². The first kappa shape index (κ1) is 12.2. The molecule has 21 heavy (non-hydrogen) atoms. The smallest absolute Gasteiger partial charge is 0.244 e. The van der Waals surface area contributed by atoms with Crippen LogP contribution in [0.15, 0.2) is 30.3 Å². The van der Waals surface area contributed by atoms with Crippen LogP contribution in [0.5, 0.6) is 0 Å². The SMILES string of the molecule is O=C1N(C(C2CC2)C2CC2)C(c2ccccc2)NC12CC2. The Hall–Kier alpha value is -1.35. The molecule has 3 heteroatoms. The molecule has 1 unspecified atom stereocenters. The molecule has 0 radical (unpaired) electrons. The van der Waals surface area contributed by atoms with Crippen molar-refractivity contribution in [1.82, 2.24) is 10.2 Å². The number of carbonyl (C=O) groups excluding carboxylic acids is 1. The van der Waals surface area contributed by atoms with E-state index in [1.165, 1.54) is 31.2 Å². The van der Waals surface area contributed by atoms with Crippen LogP contribution in [0.3, 0.4) is 0 Å². The predicted molar refractivity (Wildman–Crippen MR) is 80.4 cm³/mol. The van der Waals surface area contributed by atoms with Crippen LogP contribution in [0.4, 0.5) is 0 Å². The van der Waals surface area contributed by atoms with Gasteiger partial charge in [-0.25, -0.2) is 0 Å². The van der Waals surface area contributed by atoms with Crippen LogP contribution < -0.4 is 5.32 Å². The number of benzene rings is 1. The fourth-order valence-electron chi connectivity index (χ4n) is 4.14. The number of hydrogen-bond acceptors (Lipinski definition) is 2. The van der Waals surface area contributed by atoms with E-state index in [1.807, 2.05) is 0 Å². The molecule has 1 atom stereocenters. The summed E-state index contributed by atoms with van der Waals surface area (Å²) < 4.78 is 0. The van der Waals surface area contributed by atoms with Crippen LogP contribution in [0, 0.1) is 11.8 Å². The lowest BCUT2D eigenvalue weighted by molar-refractivity contribution is -0.134. The Kier molecular flexibility index (Phi) is 2.38. The summed E-state index contributed by atoms with van der Waals surface area (Å²) in [6.07, 6.45) is 7.42. The molecule has 0 bridgehead atoms. The molecule has 3 nitrogen and oxygen atoms in total. The minimum atomic E-state index is -0.206. The average molecular weight is 282 g/mol. The molecular formula is C18H22N2O. The second kappa shape index (κ2) is 4.10. The van der Waals surface area contributed by atoms with Gasteiger partial charge in [0.1, 0.15) is 11.7 Å². The molecule has 1 heterocycles. The van der Waals surface area contributed by atoms with Gasteiger partial charge in [-0.2, -0.15) is 0 Å². The van der Waals surface area contributed by atoms with Crippen LogP contribution in [0.25, 0.3) is 0 Å². The van der Waals surface area contributed by atoms with Crippen LogP contribution in [-0.4, -0.2) is 22.4 Å². The van der Waals surface area contributed by atoms with Gasteiger partial charge < -0.3 is 4.90 Å². The van der Waals surface area contributed by atoms with Crippen molar-refractivity contribution < 1.29 is 4.79 Å². The Balaban J connectivity index is 1.54. The molecule has 0 aromatic heterocycles. The number of nitrogens with one attached hydrogen (secondary N) is 1. The Morgan fingerprint density at radius 3 is 2.19 bits per heavy atom. The van der Waals surface area contributed by atoms with Gasteiger partial charge in [0.15, 0.2) is 0 Å². The van der Waals surface area contributed by atoms with E-state index in [2.05, 4.69) is 40.5 Å². The lowest BCUT2D eigenvalue weighted by Crippen LogP contribution is -2.43. The lowest BCUT2D eigenvalue weighted by atomic mass is 10.0. The molecule has 1 saturated heterocycles. The summed E-state index contributed by atoms with van der Waals surface area (Å²) in [6, 6.07) is 11.0. The van der Waals surface area contributed by atoms with E-state index in [1.54, 1.807) is 0 Å². The Morgan fingerprint density at radius 2 is 1.67 bits per heavy atom. The maximum absolute atomic E-state index is 13.0. The zero-order valence-corrected chi connectivity index (χ0v) is 12.3. The Bertz CT molecular complexity index is 560. The van der Waals surface area contributed by atoms with E-state index in [-0.39, 0.29) is 11.7 Å². The number of carbonyl (C=O) groups is 1. The van der Waals surface area contributed by atoms with Crippen molar-refractivity contribution in [2.45, 2.75) is 56.3 Å². The van der Waals surface area contributed by atoms with Gasteiger partial charge in [-0.3, -0.25) is 10.1 Å². The lowest BCUT2D eigenvalue weighted by Gasteiger charge is -2.33. The van der Waals surface area contributed by atoms with Crippen molar-refractivity contribution in [2.24, 2.45) is 11.8 Å². The first-order valence-corrected chi connectivity index (χ1v) is 8.44. The second-order valence-corrected chi connectivity index (χ2v) is 7.42. The third-order valence-corrected chi connectivity index (χ3v) is 5.73. The molecule has 1 spiro atoms. The van der Waals surface area contributed by atoms with E-state index < -0.39 is 0 Å². The summed E-state index contributed by atoms with van der Waals surface area (Å²) in [5.74, 6) is 1.92. The molecular weight excluding hydrogens is 260 g/mol. The molecule has 1 aromatic rings. The van der Waals surface area contributed by atoms with Gasteiger partial charge >= 0.3 is 0 Å². The van der Waals surface area contributed by atoms with E-state index in [0.717, 1.165) is 24.7 Å². The largest absolute Gasteiger partial charge is 0.318 e. The van der Waals surface area contributed by atoms with Crippen molar-refractivity contribution in [3.63, 3.8) is 0 Å². The molecule has 110 valence electrons. The van der Waals surface area contributed by atoms with Crippen molar-refractivity contribution in [3.8, 4) is 0 Å². The number of hydrogen-bond donors (Lipinski definition) is 1. The molecule has 3 aliphatic carbocycles. The highest BCUT2D eigenvalue weighted by molar-refractivity contribution is 5.92. The highest BCUT2D eigenvalue weighted by atomic mass is 16.2. The number of nitrogens with zero attached hydrogens (tertiary/aromatic N) is 1. The first-order valence-electron chi connectivity index (χ1n) is 8.44. The van der Waals surface area contributed by atoms with E-state index in [9.17, 15) is 4.79 Å². The van der Waals surface area contributed by atoms with Gasteiger partial charge in [-0.05, 0) is 55.9 Å². The molecule has 1 aliphatic heterocycles. The molecule has 1 N–H and O–H groups in total. The highest BCUT2D eigenvalue weighted by Gasteiger charge is 2.63. The van der Waals surface area contributed by atoms with Crippen LogP contribution >= 0.6 is 0 Å². The van der Waals surface area contributed by atoms with Crippen LogP contribution in [0.1, 0.15) is 50.3 Å². The van der Waals surface area contributed by atoms with Gasteiger partial charge in [0.05, 0.1) is 0 Å². The second-order valence-electron chi connectivity index (χ2n) is 7.42. The standard InChI is InChI=1S/C18H22N2O/c21-17-18(10-11-18)19-16(14-4-2-1-3-5-14)20(17)15(12-6-7-12)13-8-9-13/h1-5,12-13,15-16,19H,6-11H2. The molecule has 4 fully saturated rings. The minimum absolute atomic E-state index is 0.104. The van der Waals surface area contributed by atoms with Crippen molar-refractivity contribution in [3.05, 3.63) is 35.9 Å². The number of amides is 1. The summed E-state index contributed by atoms with van der Waals surface area (Å²) in [5, 5.41) is 3.68. The van der Waals surface area contributed by atoms with Crippen molar-refractivity contribution in [1.29, 1.82) is 0 Å². The van der Waals surface area contributed by atoms with Crippen molar-refractivity contribution >= 4 is 5.91 Å². The zero-order chi connectivity index (χ0) is 14.0. The predicted octanol–water partition coefficient (Wildman–Crippen LogP) is 2.84. The number of rotatable bonds is 4. The zero-order valence-electron chi connectivity index (χ0n) is 12.3. The fourth-order valence-corrected chi connectivity index (χ4v) is 4.14. The molecule has 5 rings (SSSR count). The van der Waals surface area contributed by atoms with Gasteiger partial charge in [-0.15, -0.1) is 0 Å². The Labute approximate surface area is 125 Å². The van der Waals surface area contributed by atoms with Crippen LogP contribution in [-0.2, 0) is 4.79 Å². The molecule has 1 aromatic carbocycles. The summed E-state index contributed by atoms with van der Waals surface area (Å²) in [6.45, 7) is 0. The third kappa shape index (κ3) is 1.87. The quantitative estimate of drug-likeness (QED) is 0.921. The first-order chi connectivity index (χ1) is 10.3. The van der Waals surface area contributed by atoms with Crippen LogP contribution in [0.2, 0.25) is 0 Å². The maximum Gasteiger partial charge on any atom is 0.244 e. The summed E-state index contributed by atoms with van der Waals surface area (Å²) >= 11 is 0. The van der Waals surface area contributed by atoms with Gasteiger partial charge in [0, 0.05) is 6.04 Å². The van der Waals surface area contributed by atoms with Gasteiger partial charge in [0.2, 0.25) is 5.91 Å². The molecule has 1 amide bonds. The summed E-state index contributed by atoms with van der Waals surface area (Å²) in [7, 11) is 0. The van der Waals surface area contributed by atoms with E-state index in [4.69, 9.17) is 0 Å². The van der Waals surface area contributed by atoms with Crippen molar-refractivity contribution in [2.75, 3.05) is 0 Å². The Morgan fingerprint density at radius 1 is 1.05 bits per heavy atom. The monoisotopic (exact) mass is 282 g/mol. The minimum Gasteiger partial charge on any atom is -0.318 e. The maximum atomic E-state index is 13.0. The average Bonchev–Trinajstić information content (AvgIpc) is 3.36. The highest BCUT2D eigenvalue weighted by Crippen LogP contribution is 2.54. The fraction of sp³-hybridized carbons (Fsp3) is 0.611. The topological polar surface area (TPSA) is 32.3 Å². The molecule has 3 saturated carbocycles. The third-order valence-electron chi connectivity index (χ3n) is 5.73. The van der Waals surface area contributed by atoms with E-state index >= 15 is 0 Å². The van der Waals surface area contributed by atoms with E-state index in [0.29, 0.717) is 11.9 Å².